The lowest BCUT2D eigenvalue weighted by Crippen LogP contribution is -2.26. The van der Waals surface area contributed by atoms with Gasteiger partial charge in [-0.25, -0.2) is 14.4 Å². The highest BCUT2D eigenvalue weighted by Crippen LogP contribution is 2.34. The molecule has 1 aromatic carbocycles. The Labute approximate surface area is 133 Å². The van der Waals surface area contributed by atoms with Gasteiger partial charge >= 0.3 is 24.1 Å². The van der Waals surface area contributed by atoms with Crippen LogP contribution in [0.15, 0.2) is 18.2 Å². The van der Waals surface area contributed by atoms with Crippen LogP contribution >= 0.6 is 0 Å². The van der Waals surface area contributed by atoms with Crippen LogP contribution in [0.2, 0.25) is 0 Å². The number of carboxylic acids is 2. The maximum absolute atomic E-state index is 12.7. The largest absolute Gasteiger partial charge is 0.479 e. The van der Waals surface area contributed by atoms with Crippen molar-refractivity contribution >= 4 is 17.9 Å². The Morgan fingerprint density at radius 2 is 1.58 bits per heavy atom. The van der Waals surface area contributed by atoms with E-state index in [0.717, 1.165) is 19.9 Å². The Balaban J connectivity index is 3.24. The van der Waals surface area contributed by atoms with Gasteiger partial charge in [-0.1, -0.05) is 0 Å². The van der Waals surface area contributed by atoms with E-state index >= 15 is 0 Å². The number of aliphatic carboxylic acids is 2. The minimum atomic E-state index is -4.75. The highest BCUT2D eigenvalue weighted by Gasteiger charge is 2.33. The predicted molar refractivity (Wildman–Crippen MR) is 71.7 cm³/mol. The number of benzene rings is 1. The molecule has 0 bridgehead atoms. The van der Waals surface area contributed by atoms with Gasteiger partial charge < -0.3 is 19.7 Å². The van der Waals surface area contributed by atoms with Crippen molar-refractivity contribution in [1.82, 2.24) is 0 Å². The van der Waals surface area contributed by atoms with Crippen molar-refractivity contribution in [2.75, 3.05) is 0 Å². The van der Waals surface area contributed by atoms with Crippen LogP contribution in [0.5, 0.6) is 5.75 Å². The van der Waals surface area contributed by atoms with Gasteiger partial charge in [-0.3, -0.25) is 0 Å². The summed E-state index contributed by atoms with van der Waals surface area (Å²) in [5, 5.41) is 17.5. The van der Waals surface area contributed by atoms with Crippen LogP contribution in [-0.4, -0.2) is 40.3 Å². The first kappa shape index (κ1) is 19.3. The molecule has 0 radical (unpaired) electrons. The zero-order chi connectivity index (χ0) is 18.7. The first-order chi connectivity index (χ1) is 10.9. The molecule has 0 amide bonds. The van der Waals surface area contributed by atoms with E-state index in [1.807, 2.05) is 0 Å². The van der Waals surface area contributed by atoms with Crippen molar-refractivity contribution in [3.05, 3.63) is 29.3 Å². The fourth-order valence-corrected chi connectivity index (χ4v) is 1.48. The first-order valence-corrected chi connectivity index (χ1v) is 6.48. The second-order valence-corrected chi connectivity index (χ2v) is 4.69. The molecule has 24 heavy (non-hydrogen) atoms. The van der Waals surface area contributed by atoms with Crippen LogP contribution in [0.1, 0.15) is 29.8 Å². The van der Waals surface area contributed by atoms with Crippen LogP contribution in [0.25, 0.3) is 0 Å². The molecule has 2 atom stereocenters. The molecule has 0 heterocycles. The topological polar surface area (TPSA) is 110 Å². The third kappa shape index (κ3) is 4.86. The molecule has 1 aromatic rings. The summed E-state index contributed by atoms with van der Waals surface area (Å²) in [4.78, 5) is 33.4. The molecule has 132 valence electrons. The Hall–Kier alpha value is -2.78. The summed E-state index contributed by atoms with van der Waals surface area (Å²) in [7, 11) is 0. The Morgan fingerprint density at radius 1 is 1.04 bits per heavy atom. The summed E-state index contributed by atoms with van der Waals surface area (Å²) in [6, 6.07) is 1.74. The fourth-order valence-electron chi connectivity index (χ4n) is 1.48. The SMILES string of the molecule is CC(OC(=O)c1ccc(C(F)(F)F)cc1OC(C)C(=O)O)C(=O)O. The van der Waals surface area contributed by atoms with Crippen molar-refractivity contribution in [2.45, 2.75) is 32.2 Å². The average molecular weight is 350 g/mol. The van der Waals surface area contributed by atoms with Crippen LogP contribution in [0.4, 0.5) is 13.2 Å². The summed E-state index contributed by atoms with van der Waals surface area (Å²) in [5.41, 5.74) is -1.69. The lowest BCUT2D eigenvalue weighted by molar-refractivity contribution is -0.146. The van der Waals surface area contributed by atoms with Gasteiger partial charge in [-0.2, -0.15) is 13.2 Å². The van der Waals surface area contributed by atoms with Gasteiger partial charge in [0.25, 0.3) is 0 Å². The highest BCUT2D eigenvalue weighted by atomic mass is 19.4. The molecule has 0 aliphatic rings. The van der Waals surface area contributed by atoms with E-state index in [0.29, 0.717) is 12.1 Å². The van der Waals surface area contributed by atoms with E-state index in [1.54, 1.807) is 0 Å². The van der Waals surface area contributed by atoms with Crippen LogP contribution in [0, 0.1) is 0 Å². The quantitative estimate of drug-likeness (QED) is 0.757. The molecule has 1 rings (SSSR count). The number of halogens is 3. The Bertz CT molecular complexity index is 654. The molecule has 0 saturated carbocycles. The second-order valence-electron chi connectivity index (χ2n) is 4.69. The third-order valence-electron chi connectivity index (χ3n) is 2.81. The summed E-state index contributed by atoms with van der Waals surface area (Å²) < 4.78 is 47.7. The number of carbonyl (C=O) groups excluding carboxylic acids is 1. The van der Waals surface area contributed by atoms with E-state index in [1.165, 1.54) is 0 Å². The highest BCUT2D eigenvalue weighted by molar-refractivity contribution is 5.94. The lowest BCUT2D eigenvalue weighted by atomic mass is 10.1. The van der Waals surface area contributed by atoms with Crippen molar-refractivity contribution < 1.29 is 47.2 Å². The number of carbonyl (C=O) groups is 3. The van der Waals surface area contributed by atoms with Crippen molar-refractivity contribution in [3.63, 3.8) is 0 Å². The molecular weight excluding hydrogens is 337 g/mol. The maximum atomic E-state index is 12.7. The zero-order valence-corrected chi connectivity index (χ0v) is 12.5. The molecule has 2 unspecified atom stereocenters. The smallest absolute Gasteiger partial charge is 0.416 e. The maximum Gasteiger partial charge on any atom is 0.416 e. The van der Waals surface area contributed by atoms with E-state index < -0.39 is 53.2 Å². The van der Waals surface area contributed by atoms with Gasteiger partial charge in [0, 0.05) is 0 Å². The number of ether oxygens (including phenoxy) is 2. The molecule has 0 spiro atoms. The molecule has 10 heteroatoms. The minimum Gasteiger partial charge on any atom is -0.479 e. The molecular formula is C14H13F3O7. The summed E-state index contributed by atoms with van der Waals surface area (Å²) in [6.45, 7) is 2.10. The summed E-state index contributed by atoms with van der Waals surface area (Å²) >= 11 is 0. The van der Waals surface area contributed by atoms with Crippen LogP contribution in [0.3, 0.4) is 0 Å². The number of alkyl halides is 3. The van der Waals surface area contributed by atoms with E-state index in [4.69, 9.17) is 14.9 Å². The number of esters is 1. The van der Waals surface area contributed by atoms with Gasteiger partial charge in [-0.05, 0) is 32.0 Å². The monoisotopic (exact) mass is 350 g/mol. The Morgan fingerprint density at radius 3 is 2.04 bits per heavy atom. The van der Waals surface area contributed by atoms with Gasteiger partial charge in [0.2, 0.25) is 0 Å². The van der Waals surface area contributed by atoms with Crippen molar-refractivity contribution in [3.8, 4) is 5.75 Å². The van der Waals surface area contributed by atoms with Crippen LogP contribution < -0.4 is 4.74 Å². The third-order valence-corrected chi connectivity index (χ3v) is 2.81. The lowest BCUT2D eigenvalue weighted by Gasteiger charge is -2.17. The van der Waals surface area contributed by atoms with Gasteiger partial charge in [0.15, 0.2) is 12.2 Å². The molecule has 7 nitrogen and oxygen atoms in total. The molecule has 0 aliphatic carbocycles. The van der Waals surface area contributed by atoms with Gasteiger partial charge in [-0.15, -0.1) is 0 Å². The molecule has 0 aliphatic heterocycles. The number of hydrogen-bond donors (Lipinski definition) is 2. The molecule has 2 N–H and O–H groups in total. The van der Waals surface area contributed by atoms with Gasteiger partial charge in [0.1, 0.15) is 11.3 Å². The fraction of sp³-hybridized carbons (Fsp3) is 0.357. The molecule has 0 fully saturated rings. The first-order valence-electron chi connectivity index (χ1n) is 6.48. The summed E-state index contributed by atoms with van der Waals surface area (Å²) in [6.07, 6.45) is -7.84. The van der Waals surface area contributed by atoms with E-state index in [-0.39, 0.29) is 0 Å². The predicted octanol–water partition coefficient (Wildman–Crippen LogP) is 2.19. The number of hydrogen-bond acceptors (Lipinski definition) is 5. The standard InChI is InChI=1S/C14H13F3O7/c1-6(11(18)19)23-10-5-8(14(15,16)17)3-4-9(10)13(22)24-7(2)12(20)21/h3-7H,1-2H3,(H,18,19)(H,20,21). The Kier molecular flexibility index (Phi) is 5.78. The number of rotatable bonds is 6. The second kappa shape index (κ2) is 7.20. The number of carboxylic acid groups (broad SMARTS) is 2. The van der Waals surface area contributed by atoms with Crippen LogP contribution in [-0.2, 0) is 20.5 Å². The molecule has 0 aromatic heterocycles. The summed E-state index contributed by atoms with van der Waals surface area (Å²) in [5.74, 6) is -4.87. The van der Waals surface area contributed by atoms with Crippen molar-refractivity contribution in [1.29, 1.82) is 0 Å². The molecule has 0 saturated heterocycles. The van der Waals surface area contributed by atoms with Crippen molar-refractivity contribution in [2.24, 2.45) is 0 Å². The minimum absolute atomic E-state index is 0.446. The average Bonchev–Trinajstić information content (AvgIpc) is 2.45. The van der Waals surface area contributed by atoms with E-state index in [2.05, 4.69) is 4.74 Å². The van der Waals surface area contributed by atoms with Gasteiger partial charge in [0.05, 0.1) is 5.56 Å². The zero-order valence-electron chi connectivity index (χ0n) is 12.5. The normalized spacial score (nSPS) is 13.7. The van der Waals surface area contributed by atoms with E-state index in [9.17, 15) is 27.6 Å².